The number of imidazole rings is 1. The number of hydrogen-bond acceptors (Lipinski definition) is 4. The number of aromatic nitrogens is 2. The molecule has 4 N–H and O–H groups in total. The molecule has 2 unspecified atom stereocenters. The first-order valence-electron chi connectivity index (χ1n) is 5.89. The third-order valence-electron chi connectivity index (χ3n) is 2.44. The highest BCUT2D eigenvalue weighted by atomic mass is 16.4. The van der Waals surface area contributed by atoms with Gasteiger partial charge >= 0.3 is 12.0 Å². The molecular weight excluding hydrogens is 252 g/mol. The van der Waals surface area contributed by atoms with Crippen LogP contribution in [0.25, 0.3) is 0 Å². The van der Waals surface area contributed by atoms with Gasteiger partial charge in [0.1, 0.15) is 6.04 Å². The number of carboxylic acid groups (broad SMARTS) is 1. The van der Waals surface area contributed by atoms with Gasteiger partial charge in [0, 0.05) is 38.0 Å². The van der Waals surface area contributed by atoms with Crippen molar-refractivity contribution in [2.24, 2.45) is 0 Å². The Hall–Kier alpha value is -2.09. The average molecular weight is 270 g/mol. The Bertz CT molecular complexity index is 407. The summed E-state index contributed by atoms with van der Waals surface area (Å²) in [6.45, 7) is 2.02. The minimum Gasteiger partial charge on any atom is -0.480 e. The van der Waals surface area contributed by atoms with E-state index in [2.05, 4.69) is 15.6 Å². The van der Waals surface area contributed by atoms with Gasteiger partial charge in [-0.3, -0.25) is 0 Å². The van der Waals surface area contributed by atoms with E-state index in [4.69, 9.17) is 10.2 Å². The predicted octanol–water partition coefficient (Wildman–Crippen LogP) is -0.594. The number of amides is 2. The molecular formula is C11H18N4O4. The molecule has 0 aliphatic rings. The van der Waals surface area contributed by atoms with Gasteiger partial charge in [-0.15, -0.1) is 0 Å². The Morgan fingerprint density at radius 3 is 2.68 bits per heavy atom. The molecule has 0 fully saturated rings. The van der Waals surface area contributed by atoms with Crippen LogP contribution >= 0.6 is 0 Å². The number of carboxylic acids is 1. The van der Waals surface area contributed by atoms with E-state index in [1.165, 1.54) is 0 Å². The molecule has 2 amide bonds. The Morgan fingerprint density at radius 2 is 2.16 bits per heavy atom. The smallest absolute Gasteiger partial charge is 0.326 e. The summed E-state index contributed by atoms with van der Waals surface area (Å²) < 4.78 is 1.80. The zero-order valence-corrected chi connectivity index (χ0v) is 10.6. The highest BCUT2D eigenvalue weighted by Crippen LogP contribution is 1.94. The Morgan fingerprint density at radius 1 is 1.42 bits per heavy atom. The maximum atomic E-state index is 11.6. The van der Waals surface area contributed by atoms with E-state index in [0.717, 1.165) is 0 Å². The average Bonchev–Trinajstić information content (AvgIpc) is 2.80. The van der Waals surface area contributed by atoms with Gasteiger partial charge in [-0.2, -0.15) is 0 Å². The number of nitrogens with one attached hydrogen (secondary N) is 2. The van der Waals surface area contributed by atoms with Crippen molar-refractivity contribution in [1.82, 2.24) is 20.2 Å². The lowest BCUT2D eigenvalue weighted by Crippen LogP contribution is -2.49. The van der Waals surface area contributed by atoms with Crippen LogP contribution in [0.1, 0.15) is 13.3 Å². The SMILES string of the molecule is CC(Cn1ccnc1)NC(=O)NC(CCO)C(=O)O. The molecule has 106 valence electrons. The van der Waals surface area contributed by atoms with E-state index in [1.54, 1.807) is 30.2 Å². The summed E-state index contributed by atoms with van der Waals surface area (Å²) in [6, 6.07) is -1.85. The van der Waals surface area contributed by atoms with E-state index < -0.39 is 18.0 Å². The molecule has 0 spiro atoms. The van der Waals surface area contributed by atoms with Crippen molar-refractivity contribution in [1.29, 1.82) is 0 Å². The molecule has 0 aliphatic carbocycles. The third kappa shape index (κ3) is 5.38. The maximum absolute atomic E-state index is 11.6. The first-order valence-corrected chi connectivity index (χ1v) is 5.89. The van der Waals surface area contributed by atoms with Gasteiger partial charge in [0.15, 0.2) is 0 Å². The first-order chi connectivity index (χ1) is 9.02. The first kappa shape index (κ1) is 15.0. The fraction of sp³-hybridized carbons (Fsp3) is 0.545. The number of nitrogens with zero attached hydrogens (tertiary/aromatic N) is 2. The van der Waals surface area contributed by atoms with E-state index >= 15 is 0 Å². The molecule has 8 heteroatoms. The fourth-order valence-electron chi connectivity index (χ4n) is 1.57. The lowest BCUT2D eigenvalue weighted by molar-refractivity contribution is -0.139. The van der Waals surface area contributed by atoms with E-state index in [9.17, 15) is 9.59 Å². The molecule has 0 aromatic carbocycles. The molecule has 1 aromatic heterocycles. The maximum Gasteiger partial charge on any atom is 0.326 e. The minimum absolute atomic E-state index is 0.0291. The summed E-state index contributed by atoms with van der Waals surface area (Å²) in [5, 5.41) is 22.4. The number of rotatable bonds is 7. The molecule has 8 nitrogen and oxygen atoms in total. The molecule has 0 radical (unpaired) electrons. The molecule has 2 atom stereocenters. The number of aliphatic carboxylic acids is 1. The van der Waals surface area contributed by atoms with Crippen molar-refractivity contribution < 1.29 is 19.8 Å². The number of urea groups is 1. The molecule has 1 heterocycles. The Balaban J connectivity index is 2.38. The van der Waals surface area contributed by atoms with Crippen LogP contribution in [-0.4, -0.2) is 50.5 Å². The number of hydrogen-bond donors (Lipinski definition) is 4. The van der Waals surface area contributed by atoms with Gasteiger partial charge in [-0.1, -0.05) is 0 Å². The molecule has 1 rings (SSSR count). The molecule has 1 aromatic rings. The largest absolute Gasteiger partial charge is 0.480 e. The van der Waals surface area contributed by atoms with E-state index in [0.29, 0.717) is 6.54 Å². The predicted molar refractivity (Wildman–Crippen MR) is 66.5 cm³/mol. The molecule has 0 aliphatic heterocycles. The van der Waals surface area contributed by atoms with Crippen LogP contribution in [-0.2, 0) is 11.3 Å². The summed E-state index contributed by atoms with van der Waals surface area (Å²) in [4.78, 5) is 26.3. The Kier molecular flexibility index (Phi) is 5.80. The minimum atomic E-state index is -1.17. The van der Waals surface area contributed by atoms with Gasteiger partial charge in [0.25, 0.3) is 0 Å². The van der Waals surface area contributed by atoms with Crippen LogP contribution in [0, 0.1) is 0 Å². The zero-order chi connectivity index (χ0) is 14.3. The van der Waals surface area contributed by atoms with Crippen LogP contribution in [0.15, 0.2) is 18.7 Å². The normalized spacial score (nSPS) is 13.6. The van der Waals surface area contributed by atoms with Gasteiger partial charge in [-0.25, -0.2) is 14.6 Å². The molecule has 0 bridgehead atoms. The quantitative estimate of drug-likeness (QED) is 0.528. The highest BCUT2D eigenvalue weighted by Gasteiger charge is 2.19. The lowest BCUT2D eigenvalue weighted by atomic mass is 10.2. The summed E-state index contributed by atoms with van der Waals surface area (Å²) >= 11 is 0. The summed E-state index contributed by atoms with van der Waals surface area (Å²) in [5.74, 6) is -1.17. The molecule has 0 saturated carbocycles. The number of carbonyl (C=O) groups excluding carboxylic acids is 1. The number of aliphatic hydroxyl groups excluding tert-OH is 1. The van der Waals surface area contributed by atoms with Crippen molar-refractivity contribution in [2.45, 2.75) is 32.0 Å². The van der Waals surface area contributed by atoms with Crippen LogP contribution in [0.2, 0.25) is 0 Å². The van der Waals surface area contributed by atoms with Crippen molar-refractivity contribution in [3.63, 3.8) is 0 Å². The van der Waals surface area contributed by atoms with E-state index in [-0.39, 0.29) is 19.1 Å². The summed E-state index contributed by atoms with van der Waals surface area (Å²) in [6.07, 6.45) is 5.00. The number of aliphatic hydroxyl groups is 1. The monoisotopic (exact) mass is 270 g/mol. The van der Waals surface area contributed by atoms with Gasteiger partial charge in [-0.05, 0) is 6.92 Å². The van der Waals surface area contributed by atoms with Crippen molar-refractivity contribution in [3.8, 4) is 0 Å². The number of carbonyl (C=O) groups is 2. The second-order valence-corrected chi connectivity index (χ2v) is 4.18. The lowest BCUT2D eigenvalue weighted by Gasteiger charge is -2.18. The topological polar surface area (TPSA) is 116 Å². The molecule has 19 heavy (non-hydrogen) atoms. The van der Waals surface area contributed by atoms with Crippen LogP contribution in [0.3, 0.4) is 0 Å². The van der Waals surface area contributed by atoms with Gasteiger partial charge in [0.05, 0.1) is 6.33 Å². The van der Waals surface area contributed by atoms with Crippen molar-refractivity contribution in [3.05, 3.63) is 18.7 Å². The van der Waals surface area contributed by atoms with Crippen LogP contribution in [0.4, 0.5) is 4.79 Å². The fourth-order valence-corrected chi connectivity index (χ4v) is 1.57. The van der Waals surface area contributed by atoms with Crippen LogP contribution < -0.4 is 10.6 Å². The van der Waals surface area contributed by atoms with Gasteiger partial charge in [0.2, 0.25) is 0 Å². The van der Waals surface area contributed by atoms with Crippen LogP contribution in [0.5, 0.6) is 0 Å². The standard InChI is InChI=1S/C11H18N4O4/c1-8(6-15-4-3-12-7-15)13-11(19)14-9(2-5-16)10(17)18/h3-4,7-9,16H,2,5-6H2,1H3,(H,17,18)(H2,13,14,19). The second kappa shape index (κ2) is 7.37. The second-order valence-electron chi connectivity index (χ2n) is 4.18. The summed E-state index contributed by atoms with van der Waals surface area (Å²) in [7, 11) is 0. The summed E-state index contributed by atoms with van der Waals surface area (Å²) in [5.41, 5.74) is 0. The van der Waals surface area contributed by atoms with Crippen molar-refractivity contribution >= 4 is 12.0 Å². The van der Waals surface area contributed by atoms with Crippen molar-refractivity contribution in [2.75, 3.05) is 6.61 Å². The molecule has 0 saturated heterocycles. The van der Waals surface area contributed by atoms with Gasteiger partial charge < -0.3 is 25.4 Å². The Labute approximate surface area is 110 Å². The third-order valence-corrected chi connectivity index (χ3v) is 2.44. The highest BCUT2D eigenvalue weighted by molar-refractivity contribution is 5.82. The van der Waals surface area contributed by atoms with E-state index in [1.807, 2.05) is 0 Å². The zero-order valence-electron chi connectivity index (χ0n) is 10.6.